The molecule has 0 saturated heterocycles. The molecule has 0 unspecified atom stereocenters. The monoisotopic (exact) mass is 302 g/mol. The van der Waals surface area contributed by atoms with Gasteiger partial charge in [0.05, 0.1) is 16.4 Å². The molecule has 0 aliphatic rings. The summed E-state index contributed by atoms with van der Waals surface area (Å²) in [5, 5.41) is 4.44. The van der Waals surface area contributed by atoms with Crippen molar-refractivity contribution in [1.82, 2.24) is 14.6 Å². The van der Waals surface area contributed by atoms with Gasteiger partial charge in [0.2, 0.25) is 0 Å². The number of nitrogens with two attached hydrogens (primary N) is 1. The third kappa shape index (κ3) is 1.86. The average molecular weight is 303 g/mol. The molecule has 0 spiro atoms. The van der Waals surface area contributed by atoms with Crippen molar-refractivity contribution >= 4 is 27.3 Å². The summed E-state index contributed by atoms with van der Waals surface area (Å²) < 4.78 is 2.53. The van der Waals surface area contributed by atoms with Crippen molar-refractivity contribution in [3.05, 3.63) is 46.6 Å². The van der Waals surface area contributed by atoms with Crippen LogP contribution in [0.5, 0.6) is 0 Å². The van der Waals surface area contributed by atoms with E-state index in [0.29, 0.717) is 11.5 Å². The van der Waals surface area contributed by atoms with E-state index in [1.807, 2.05) is 31.2 Å². The van der Waals surface area contributed by atoms with E-state index < -0.39 is 0 Å². The van der Waals surface area contributed by atoms with Gasteiger partial charge in [-0.1, -0.05) is 23.8 Å². The number of nitrogen functional groups attached to an aromatic ring is 1. The van der Waals surface area contributed by atoms with Crippen LogP contribution in [0.15, 0.2) is 41.0 Å². The Balaban J connectivity index is 2.22. The van der Waals surface area contributed by atoms with Crippen LogP contribution in [0.2, 0.25) is 0 Å². The van der Waals surface area contributed by atoms with Crippen LogP contribution in [0.25, 0.3) is 17.0 Å². The predicted molar refractivity (Wildman–Crippen MR) is 75.3 cm³/mol. The summed E-state index contributed by atoms with van der Waals surface area (Å²) in [6, 6.07) is 9.93. The summed E-state index contributed by atoms with van der Waals surface area (Å²) in [5.74, 6) is 0.699. The lowest BCUT2D eigenvalue weighted by Gasteiger charge is -1.96. The van der Waals surface area contributed by atoms with Gasteiger partial charge in [0.1, 0.15) is 0 Å². The van der Waals surface area contributed by atoms with Crippen molar-refractivity contribution in [3.8, 4) is 11.4 Å². The van der Waals surface area contributed by atoms with E-state index in [0.717, 1.165) is 15.7 Å². The Morgan fingerprint density at radius 2 is 2.11 bits per heavy atom. The standard InChI is InChI=1S/C13H11BrN4/c1-8-3-2-4-9(5-8)12-16-13-11(14)6-10(15)7-18(13)17-12/h2-7H,15H2,1H3. The highest BCUT2D eigenvalue weighted by Crippen LogP contribution is 2.23. The first-order chi connectivity index (χ1) is 8.63. The van der Waals surface area contributed by atoms with Gasteiger partial charge in [-0.15, -0.1) is 5.10 Å². The SMILES string of the molecule is Cc1cccc(-c2nc3c(Br)cc(N)cn3n2)c1. The Morgan fingerprint density at radius 3 is 2.89 bits per heavy atom. The number of aromatic nitrogens is 3. The number of pyridine rings is 1. The minimum atomic E-state index is 0.648. The molecule has 3 aromatic rings. The fraction of sp³-hybridized carbons (Fsp3) is 0.0769. The molecule has 5 heteroatoms. The molecule has 0 aliphatic carbocycles. The first-order valence-corrected chi connectivity index (χ1v) is 6.31. The van der Waals surface area contributed by atoms with Gasteiger partial charge in [-0.2, -0.15) is 0 Å². The van der Waals surface area contributed by atoms with Crippen molar-refractivity contribution < 1.29 is 0 Å². The molecule has 18 heavy (non-hydrogen) atoms. The zero-order valence-electron chi connectivity index (χ0n) is 9.76. The molecule has 0 fully saturated rings. The van der Waals surface area contributed by atoms with Gasteiger partial charge < -0.3 is 5.73 Å². The van der Waals surface area contributed by atoms with Crippen LogP contribution >= 0.6 is 15.9 Å². The summed E-state index contributed by atoms with van der Waals surface area (Å²) in [6.07, 6.45) is 1.76. The van der Waals surface area contributed by atoms with Gasteiger partial charge in [-0.25, -0.2) is 9.50 Å². The summed E-state index contributed by atoms with van der Waals surface area (Å²) in [7, 11) is 0. The second-order valence-corrected chi connectivity index (χ2v) is 5.05. The summed E-state index contributed by atoms with van der Waals surface area (Å²) in [4.78, 5) is 4.51. The van der Waals surface area contributed by atoms with E-state index in [2.05, 4.69) is 32.1 Å². The second-order valence-electron chi connectivity index (χ2n) is 4.19. The zero-order valence-corrected chi connectivity index (χ0v) is 11.3. The van der Waals surface area contributed by atoms with Crippen LogP contribution in [-0.4, -0.2) is 14.6 Å². The van der Waals surface area contributed by atoms with Crippen molar-refractivity contribution in [3.63, 3.8) is 0 Å². The Labute approximate surface area is 113 Å². The molecule has 0 aliphatic heterocycles. The summed E-state index contributed by atoms with van der Waals surface area (Å²) >= 11 is 3.44. The lowest BCUT2D eigenvalue weighted by atomic mass is 10.1. The van der Waals surface area contributed by atoms with Crippen LogP contribution < -0.4 is 5.73 Å². The van der Waals surface area contributed by atoms with Gasteiger partial charge in [-0.3, -0.25) is 0 Å². The maximum atomic E-state index is 5.78. The molecule has 3 rings (SSSR count). The van der Waals surface area contributed by atoms with Gasteiger partial charge in [0, 0.05) is 5.56 Å². The topological polar surface area (TPSA) is 56.2 Å². The molecule has 90 valence electrons. The first kappa shape index (κ1) is 11.2. The Hall–Kier alpha value is -1.88. The van der Waals surface area contributed by atoms with E-state index in [1.165, 1.54) is 5.56 Å². The molecular formula is C13H11BrN4. The maximum Gasteiger partial charge on any atom is 0.182 e. The molecule has 0 saturated carbocycles. The molecule has 0 radical (unpaired) electrons. The average Bonchev–Trinajstić information content (AvgIpc) is 2.73. The summed E-state index contributed by atoms with van der Waals surface area (Å²) in [5.41, 5.74) is 9.38. The Kier molecular flexibility index (Phi) is 2.56. The summed E-state index contributed by atoms with van der Waals surface area (Å²) in [6.45, 7) is 2.05. The number of nitrogens with zero attached hydrogens (tertiary/aromatic N) is 3. The number of anilines is 1. The number of hydrogen-bond donors (Lipinski definition) is 1. The van der Waals surface area contributed by atoms with Gasteiger partial charge in [0.15, 0.2) is 11.5 Å². The zero-order chi connectivity index (χ0) is 12.7. The molecular weight excluding hydrogens is 292 g/mol. The van der Waals surface area contributed by atoms with Gasteiger partial charge in [-0.05, 0) is 35.0 Å². The Morgan fingerprint density at radius 1 is 1.28 bits per heavy atom. The highest BCUT2D eigenvalue weighted by atomic mass is 79.9. The minimum absolute atomic E-state index is 0.648. The number of fused-ring (bicyclic) bond motifs is 1. The quantitative estimate of drug-likeness (QED) is 0.751. The smallest absolute Gasteiger partial charge is 0.182 e. The van der Waals surface area contributed by atoms with E-state index in [9.17, 15) is 0 Å². The van der Waals surface area contributed by atoms with Crippen molar-refractivity contribution in [2.24, 2.45) is 0 Å². The largest absolute Gasteiger partial charge is 0.397 e. The van der Waals surface area contributed by atoms with Gasteiger partial charge in [0.25, 0.3) is 0 Å². The number of benzene rings is 1. The van der Waals surface area contributed by atoms with Crippen LogP contribution in [0, 0.1) is 6.92 Å². The Bertz CT molecular complexity index is 733. The molecule has 4 nitrogen and oxygen atoms in total. The first-order valence-electron chi connectivity index (χ1n) is 5.52. The van der Waals surface area contributed by atoms with E-state index in [4.69, 9.17) is 5.73 Å². The van der Waals surface area contributed by atoms with Crippen molar-refractivity contribution in [2.45, 2.75) is 6.92 Å². The third-order valence-corrected chi connectivity index (χ3v) is 3.27. The third-order valence-electron chi connectivity index (χ3n) is 2.69. The predicted octanol–water partition coefficient (Wildman–Crippen LogP) is 3.05. The van der Waals surface area contributed by atoms with Gasteiger partial charge >= 0.3 is 0 Å². The molecule has 2 N–H and O–H groups in total. The van der Waals surface area contributed by atoms with Crippen LogP contribution in [0.1, 0.15) is 5.56 Å². The van der Waals surface area contributed by atoms with Crippen LogP contribution in [0.4, 0.5) is 5.69 Å². The maximum absolute atomic E-state index is 5.78. The molecule has 0 amide bonds. The molecule has 0 atom stereocenters. The fourth-order valence-corrected chi connectivity index (χ4v) is 2.41. The van der Waals surface area contributed by atoms with Crippen LogP contribution in [0.3, 0.4) is 0 Å². The molecule has 2 aromatic heterocycles. The number of aryl methyl sites for hydroxylation is 1. The second kappa shape index (κ2) is 4.10. The van der Waals surface area contributed by atoms with E-state index >= 15 is 0 Å². The van der Waals surface area contributed by atoms with E-state index in [1.54, 1.807) is 10.7 Å². The van der Waals surface area contributed by atoms with Crippen molar-refractivity contribution in [2.75, 3.05) is 5.73 Å². The lowest BCUT2D eigenvalue weighted by molar-refractivity contribution is 0.965. The fourth-order valence-electron chi connectivity index (χ4n) is 1.87. The highest BCUT2D eigenvalue weighted by Gasteiger charge is 2.09. The number of halogens is 1. The van der Waals surface area contributed by atoms with Crippen molar-refractivity contribution in [1.29, 1.82) is 0 Å². The normalized spacial score (nSPS) is 11.0. The highest BCUT2D eigenvalue weighted by molar-refractivity contribution is 9.10. The number of rotatable bonds is 1. The number of hydrogen-bond acceptors (Lipinski definition) is 3. The molecule has 1 aromatic carbocycles. The molecule has 2 heterocycles. The van der Waals surface area contributed by atoms with Crippen LogP contribution in [-0.2, 0) is 0 Å². The lowest BCUT2D eigenvalue weighted by Crippen LogP contribution is -1.93. The minimum Gasteiger partial charge on any atom is -0.397 e. The molecule has 0 bridgehead atoms. The van der Waals surface area contributed by atoms with E-state index in [-0.39, 0.29) is 0 Å².